The molecule has 4 heavy (non-hydrogen) atoms. The normalized spacial score (nSPS) is 1.50. The van der Waals surface area contributed by atoms with Crippen LogP contribution in [0.15, 0.2) is 0 Å². The molecule has 4 heteroatoms. The van der Waals surface area contributed by atoms with E-state index in [1.54, 1.807) is 0 Å². The summed E-state index contributed by atoms with van der Waals surface area (Å²) in [6.07, 6.45) is 0. The van der Waals surface area contributed by atoms with Crippen molar-refractivity contribution in [2.75, 3.05) is 0 Å². The van der Waals surface area contributed by atoms with Crippen LogP contribution in [0.5, 0.6) is 0 Å². The standard InChI is InChI=1S/ClH.H3NO.Pt/c;1-2;/h1H;1H3;/p-1. The molecular formula is H3ClNOPt-. The van der Waals surface area contributed by atoms with E-state index >= 15 is 0 Å². The summed E-state index contributed by atoms with van der Waals surface area (Å²) in [5, 5.41) is 8.00. The predicted octanol–water partition coefficient (Wildman–Crippen LogP) is -4.27. The van der Waals surface area contributed by atoms with Crippen molar-refractivity contribution in [1.29, 1.82) is 0 Å². The Bertz CT molecular complexity index is 8.00. The van der Waals surface area contributed by atoms with Crippen LogP contribution in [0.1, 0.15) is 0 Å². The van der Waals surface area contributed by atoms with Crippen LogP contribution >= 0.6 is 0 Å². The van der Waals surface area contributed by atoms with Crippen molar-refractivity contribution >= 4 is 0 Å². The summed E-state index contributed by atoms with van der Waals surface area (Å²) < 4.78 is 0. The summed E-state index contributed by atoms with van der Waals surface area (Å²) >= 11 is 0. The van der Waals surface area contributed by atoms with Gasteiger partial charge in [-0.05, 0) is 0 Å². The molecule has 0 amide bonds. The Hall–Kier alpha value is 0.898. The van der Waals surface area contributed by atoms with Gasteiger partial charge in [0.15, 0.2) is 0 Å². The van der Waals surface area contributed by atoms with E-state index in [2.05, 4.69) is 0 Å². The molecule has 0 atom stereocenters. The Morgan fingerprint density at radius 1 is 1.25 bits per heavy atom. The van der Waals surface area contributed by atoms with Gasteiger partial charge in [-0.3, -0.25) is 0 Å². The fraction of sp³-hybridized carbons (Fsp3) is 0. The molecule has 0 unspecified atom stereocenters. The van der Waals surface area contributed by atoms with Gasteiger partial charge in [-0.1, -0.05) is 0 Å². The van der Waals surface area contributed by atoms with E-state index < -0.39 is 0 Å². The minimum atomic E-state index is 0. The molecule has 0 bridgehead atoms. The maximum atomic E-state index is 8.00. The molecule has 0 fully saturated rings. The quantitative estimate of drug-likeness (QED) is 0.442. The summed E-state index contributed by atoms with van der Waals surface area (Å²) in [7, 11) is 0. The zero-order valence-electron chi connectivity index (χ0n) is 1.81. The zero-order chi connectivity index (χ0) is 2.00. The van der Waals surface area contributed by atoms with E-state index in [-0.39, 0.29) is 33.5 Å². The topological polar surface area (TPSA) is 50.7 Å². The predicted molar refractivity (Wildman–Crippen MR) is 6.26 cm³/mol. The van der Waals surface area contributed by atoms with Crippen LogP contribution < -0.4 is 18.3 Å². The fourth-order valence-electron chi connectivity index (χ4n) is 0. The second kappa shape index (κ2) is 40.6. The van der Waals surface area contributed by atoms with Crippen molar-refractivity contribution in [3.63, 3.8) is 0 Å². The first-order chi connectivity index (χ1) is 1.00. The van der Waals surface area contributed by atoms with Crippen molar-refractivity contribution in [1.82, 2.24) is 0 Å². The summed E-state index contributed by atoms with van der Waals surface area (Å²) in [5.74, 6) is 2.00. The molecule has 0 spiro atoms. The van der Waals surface area contributed by atoms with Crippen LogP contribution in [0, 0.1) is 5.21 Å². The van der Waals surface area contributed by atoms with Crippen molar-refractivity contribution in [2.45, 2.75) is 0 Å². The molecule has 0 aromatic carbocycles. The Morgan fingerprint density at radius 3 is 1.25 bits per heavy atom. The summed E-state index contributed by atoms with van der Waals surface area (Å²) in [5.41, 5.74) is 0. The SMILES string of the molecule is [Cl-].[NH3+][O-].[Pt]. The van der Waals surface area contributed by atoms with Crippen LogP contribution in [0.25, 0.3) is 0 Å². The van der Waals surface area contributed by atoms with Gasteiger partial charge in [0.25, 0.3) is 0 Å². The molecule has 0 aromatic heterocycles. The second-order valence-electron chi connectivity index (χ2n) is 0. The molecule has 0 aliphatic rings. The minimum Gasteiger partial charge on any atom is -1.00 e. The molecule has 0 heterocycles. The van der Waals surface area contributed by atoms with E-state index in [4.69, 9.17) is 5.21 Å². The summed E-state index contributed by atoms with van der Waals surface area (Å²) in [6.45, 7) is 0. The van der Waals surface area contributed by atoms with Crippen LogP contribution in [0.4, 0.5) is 0 Å². The van der Waals surface area contributed by atoms with Gasteiger partial charge in [-0.25, -0.2) is 0 Å². The van der Waals surface area contributed by atoms with Crippen LogP contribution in [0.2, 0.25) is 0 Å². The molecule has 0 radical (unpaired) electrons. The van der Waals surface area contributed by atoms with E-state index in [0.29, 0.717) is 0 Å². The third-order valence-electron chi connectivity index (χ3n) is 0. The van der Waals surface area contributed by atoms with Gasteiger partial charge in [0.1, 0.15) is 0 Å². The molecule has 3 N–H and O–H groups in total. The number of hydrogen-bond acceptors (Lipinski definition) is 1. The molecule has 0 aromatic rings. The van der Waals surface area contributed by atoms with Gasteiger partial charge in [0.2, 0.25) is 0 Å². The molecule has 0 saturated heterocycles. The van der Waals surface area contributed by atoms with Crippen LogP contribution in [0.3, 0.4) is 0 Å². The smallest absolute Gasteiger partial charge is 0 e. The van der Waals surface area contributed by atoms with Crippen LogP contribution in [-0.2, 0) is 21.1 Å². The minimum absolute atomic E-state index is 0. The van der Waals surface area contributed by atoms with E-state index in [1.807, 2.05) is 5.90 Å². The van der Waals surface area contributed by atoms with Crippen molar-refractivity contribution < 1.29 is 39.4 Å². The largest absolute Gasteiger partial charge is 1.00 e. The van der Waals surface area contributed by atoms with Crippen LogP contribution in [-0.4, -0.2) is 0 Å². The molecule has 0 saturated carbocycles. The number of hydrogen-bond donors (Lipinski definition) is 1. The average molecular weight is 264 g/mol. The number of quaternary nitrogens is 1. The summed E-state index contributed by atoms with van der Waals surface area (Å²) in [6, 6.07) is 0. The molecule has 0 rings (SSSR count). The van der Waals surface area contributed by atoms with Gasteiger partial charge < -0.3 is 23.5 Å². The Labute approximate surface area is 45.0 Å². The zero-order valence-corrected chi connectivity index (χ0v) is 4.84. The Morgan fingerprint density at radius 2 is 1.25 bits per heavy atom. The molecule has 0 aliphatic carbocycles. The molecular weight excluding hydrogens is 261 g/mol. The van der Waals surface area contributed by atoms with Crippen molar-refractivity contribution in [3.05, 3.63) is 5.21 Å². The van der Waals surface area contributed by atoms with Crippen molar-refractivity contribution in [2.24, 2.45) is 0 Å². The maximum Gasteiger partial charge on any atom is 0 e. The number of rotatable bonds is 0. The van der Waals surface area contributed by atoms with Gasteiger partial charge in [-0.2, -0.15) is 0 Å². The van der Waals surface area contributed by atoms with Gasteiger partial charge in [0, 0.05) is 21.1 Å². The van der Waals surface area contributed by atoms with Gasteiger partial charge in [-0.15, -0.1) is 0 Å². The summed E-state index contributed by atoms with van der Waals surface area (Å²) in [4.78, 5) is 0. The molecule has 32 valence electrons. The van der Waals surface area contributed by atoms with Gasteiger partial charge in [0.05, 0.1) is 0 Å². The molecule has 2 nitrogen and oxygen atoms in total. The van der Waals surface area contributed by atoms with Crippen molar-refractivity contribution in [3.8, 4) is 0 Å². The van der Waals surface area contributed by atoms with E-state index in [0.717, 1.165) is 0 Å². The third-order valence-corrected chi connectivity index (χ3v) is 0. The average Bonchev–Trinajstić information content (AvgIpc) is 1.00. The first-order valence-corrected chi connectivity index (χ1v) is 0.289. The first-order valence-electron chi connectivity index (χ1n) is 0.289. The monoisotopic (exact) mass is 263 g/mol. The Kier molecular flexibility index (Phi) is 210. The molecule has 0 aliphatic heterocycles. The number of halogens is 1. The third kappa shape index (κ3) is 12.9. The maximum absolute atomic E-state index is 8.00. The van der Waals surface area contributed by atoms with E-state index in [9.17, 15) is 0 Å². The second-order valence-corrected chi connectivity index (χ2v) is 0. The Balaban J connectivity index is -0.00000000500. The first kappa shape index (κ1) is 20.7. The van der Waals surface area contributed by atoms with Gasteiger partial charge >= 0.3 is 0 Å². The fourth-order valence-corrected chi connectivity index (χ4v) is 0. The van der Waals surface area contributed by atoms with E-state index in [1.165, 1.54) is 0 Å².